The predicted octanol–water partition coefficient (Wildman–Crippen LogP) is 2.27. The van der Waals surface area contributed by atoms with Crippen molar-refractivity contribution in [3.8, 4) is 0 Å². The molecule has 0 aliphatic heterocycles. The lowest BCUT2D eigenvalue weighted by Crippen LogP contribution is -2.06. The Kier molecular flexibility index (Phi) is 3.30. The minimum Gasteiger partial charge on any atom is -0.457 e. The highest BCUT2D eigenvalue weighted by Gasteiger charge is 2.09. The molecule has 0 saturated carbocycles. The Morgan fingerprint density at radius 1 is 1.24 bits per heavy atom. The van der Waals surface area contributed by atoms with Gasteiger partial charge in [0.1, 0.15) is 6.61 Å². The molecule has 2 rings (SSSR count). The average molecular weight is 248 g/mol. The molecule has 0 atom stereocenters. The first-order chi connectivity index (χ1) is 8.15. The van der Waals surface area contributed by atoms with Crippen LogP contribution in [-0.2, 0) is 11.3 Å². The summed E-state index contributed by atoms with van der Waals surface area (Å²) in [5.41, 5.74) is 13.5. The molecule has 5 heteroatoms. The first kappa shape index (κ1) is 11.5. The summed E-state index contributed by atoms with van der Waals surface area (Å²) in [5.74, 6) is -0.421. The zero-order valence-corrected chi connectivity index (χ0v) is 9.87. The highest BCUT2D eigenvalue weighted by atomic mass is 32.1. The van der Waals surface area contributed by atoms with Crippen LogP contribution in [0.5, 0.6) is 0 Å². The Labute approximate surface area is 103 Å². The summed E-state index contributed by atoms with van der Waals surface area (Å²) in [7, 11) is 0. The van der Waals surface area contributed by atoms with Crippen molar-refractivity contribution in [1.29, 1.82) is 0 Å². The van der Waals surface area contributed by atoms with E-state index in [2.05, 4.69) is 0 Å². The summed E-state index contributed by atoms with van der Waals surface area (Å²) in [6, 6.07) is 6.60. The molecule has 88 valence electrons. The molecule has 1 aromatic carbocycles. The Bertz CT molecular complexity index is 503. The molecule has 2 aromatic rings. The molecule has 0 radical (unpaired) electrons. The molecule has 1 heterocycles. The number of hydrogen-bond donors (Lipinski definition) is 2. The van der Waals surface area contributed by atoms with Crippen molar-refractivity contribution in [2.45, 2.75) is 6.61 Å². The summed E-state index contributed by atoms with van der Waals surface area (Å²) in [4.78, 5) is 11.7. The third-order valence-corrected chi connectivity index (χ3v) is 2.90. The predicted molar refractivity (Wildman–Crippen MR) is 68.7 cm³/mol. The number of thiophene rings is 1. The van der Waals surface area contributed by atoms with Gasteiger partial charge in [-0.15, -0.1) is 0 Å². The number of anilines is 2. The van der Waals surface area contributed by atoms with Crippen molar-refractivity contribution in [2.75, 3.05) is 11.5 Å². The lowest BCUT2D eigenvalue weighted by Gasteiger charge is -2.05. The van der Waals surface area contributed by atoms with Gasteiger partial charge in [0.05, 0.1) is 5.56 Å². The van der Waals surface area contributed by atoms with E-state index < -0.39 is 5.97 Å². The maximum atomic E-state index is 11.7. The second-order valence-electron chi connectivity index (χ2n) is 3.60. The summed E-state index contributed by atoms with van der Waals surface area (Å²) >= 11 is 1.56. The van der Waals surface area contributed by atoms with Gasteiger partial charge in [0.15, 0.2) is 0 Å². The SMILES string of the molecule is Nc1cc(N)cc(C(=O)OCc2ccsc2)c1. The van der Waals surface area contributed by atoms with E-state index in [0.717, 1.165) is 5.56 Å². The van der Waals surface area contributed by atoms with Crippen LogP contribution in [0.25, 0.3) is 0 Å². The van der Waals surface area contributed by atoms with E-state index in [-0.39, 0.29) is 6.61 Å². The quantitative estimate of drug-likeness (QED) is 0.645. The molecule has 1 aromatic heterocycles. The molecule has 0 amide bonds. The first-order valence-corrected chi connectivity index (χ1v) is 5.93. The molecule has 0 spiro atoms. The van der Waals surface area contributed by atoms with Gasteiger partial charge in [-0.3, -0.25) is 0 Å². The molecule has 0 saturated heterocycles. The maximum absolute atomic E-state index is 11.7. The third kappa shape index (κ3) is 2.98. The standard InChI is InChI=1S/C12H12N2O2S/c13-10-3-9(4-11(14)5-10)12(15)16-6-8-1-2-17-7-8/h1-5,7H,6,13-14H2. The van der Waals surface area contributed by atoms with Gasteiger partial charge in [-0.2, -0.15) is 11.3 Å². The van der Waals surface area contributed by atoms with Crippen LogP contribution in [0.1, 0.15) is 15.9 Å². The van der Waals surface area contributed by atoms with Crippen molar-refractivity contribution in [2.24, 2.45) is 0 Å². The Morgan fingerprint density at radius 2 is 1.94 bits per heavy atom. The Balaban J connectivity index is 2.04. The molecule has 4 nitrogen and oxygen atoms in total. The fourth-order valence-electron chi connectivity index (χ4n) is 1.40. The van der Waals surface area contributed by atoms with Gasteiger partial charge in [0, 0.05) is 16.9 Å². The minimum absolute atomic E-state index is 0.261. The molecule has 0 fully saturated rings. The fourth-order valence-corrected chi connectivity index (χ4v) is 2.05. The zero-order valence-electron chi connectivity index (χ0n) is 9.05. The van der Waals surface area contributed by atoms with Crippen molar-refractivity contribution >= 4 is 28.7 Å². The zero-order chi connectivity index (χ0) is 12.3. The molecular formula is C12H12N2O2S. The second-order valence-corrected chi connectivity index (χ2v) is 4.38. The van der Waals surface area contributed by atoms with Crippen LogP contribution in [0.15, 0.2) is 35.0 Å². The minimum atomic E-state index is -0.421. The molecular weight excluding hydrogens is 236 g/mol. The lowest BCUT2D eigenvalue weighted by molar-refractivity contribution is 0.0473. The average Bonchev–Trinajstić information content (AvgIpc) is 2.77. The van der Waals surface area contributed by atoms with E-state index in [1.54, 1.807) is 29.5 Å². The number of carbonyl (C=O) groups excluding carboxylic acids is 1. The highest BCUT2D eigenvalue weighted by Crippen LogP contribution is 2.15. The van der Waals surface area contributed by atoms with E-state index >= 15 is 0 Å². The second kappa shape index (κ2) is 4.88. The molecule has 0 unspecified atom stereocenters. The smallest absolute Gasteiger partial charge is 0.338 e. The monoisotopic (exact) mass is 248 g/mol. The first-order valence-electron chi connectivity index (χ1n) is 4.99. The van der Waals surface area contributed by atoms with Crippen molar-refractivity contribution in [1.82, 2.24) is 0 Å². The fraction of sp³-hybridized carbons (Fsp3) is 0.0833. The third-order valence-electron chi connectivity index (χ3n) is 2.16. The normalized spacial score (nSPS) is 10.1. The van der Waals surface area contributed by atoms with Gasteiger partial charge in [-0.25, -0.2) is 4.79 Å². The van der Waals surface area contributed by atoms with Crippen LogP contribution in [-0.4, -0.2) is 5.97 Å². The van der Waals surface area contributed by atoms with E-state index in [9.17, 15) is 4.79 Å². The van der Waals surface area contributed by atoms with Crippen LogP contribution < -0.4 is 11.5 Å². The van der Waals surface area contributed by atoms with Gasteiger partial charge in [0.2, 0.25) is 0 Å². The molecule has 4 N–H and O–H groups in total. The summed E-state index contributed by atoms with van der Waals surface area (Å²) < 4.78 is 5.14. The van der Waals surface area contributed by atoms with E-state index in [1.165, 1.54) is 0 Å². The van der Waals surface area contributed by atoms with Crippen LogP contribution in [0.2, 0.25) is 0 Å². The summed E-state index contributed by atoms with van der Waals surface area (Å²) in [5, 5.41) is 3.86. The van der Waals surface area contributed by atoms with Crippen molar-refractivity contribution in [3.05, 3.63) is 46.2 Å². The van der Waals surface area contributed by atoms with Gasteiger partial charge in [0.25, 0.3) is 0 Å². The van der Waals surface area contributed by atoms with Crippen LogP contribution in [0.3, 0.4) is 0 Å². The van der Waals surface area contributed by atoms with E-state index in [4.69, 9.17) is 16.2 Å². The molecule has 0 bridgehead atoms. The molecule has 0 aliphatic carbocycles. The Hall–Kier alpha value is -2.01. The highest BCUT2D eigenvalue weighted by molar-refractivity contribution is 7.07. The van der Waals surface area contributed by atoms with Gasteiger partial charge in [-0.1, -0.05) is 0 Å². The summed E-state index contributed by atoms with van der Waals surface area (Å²) in [6.07, 6.45) is 0. The van der Waals surface area contributed by atoms with Gasteiger partial charge < -0.3 is 16.2 Å². The number of benzene rings is 1. The van der Waals surface area contributed by atoms with Crippen LogP contribution >= 0.6 is 11.3 Å². The number of nitrogen functional groups attached to an aromatic ring is 2. The number of esters is 1. The molecule has 0 aliphatic rings. The van der Waals surface area contributed by atoms with Gasteiger partial charge >= 0.3 is 5.97 Å². The Morgan fingerprint density at radius 3 is 2.53 bits per heavy atom. The summed E-state index contributed by atoms with van der Waals surface area (Å²) in [6.45, 7) is 0.261. The van der Waals surface area contributed by atoms with Crippen molar-refractivity contribution < 1.29 is 9.53 Å². The number of hydrogen-bond acceptors (Lipinski definition) is 5. The maximum Gasteiger partial charge on any atom is 0.338 e. The lowest BCUT2D eigenvalue weighted by atomic mass is 10.2. The number of ether oxygens (including phenoxy) is 1. The van der Waals surface area contributed by atoms with Crippen molar-refractivity contribution in [3.63, 3.8) is 0 Å². The van der Waals surface area contributed by atoms with Crippen LogP contribution in [0.4, 0.5) is 11.4 Å². The van der Waals surface area contributed by atoms with Crippen LogP contribution in [0, 0.1) is 0 Å². The number of nitrogens with two attached hydrogens (primary N) is 2. The van der Waals surface area contributed by atoms with Gasteiger partial charge in [-0.05, 0) is 35.0 Å². The largest absolute Gasteiger partial charge is 0.457 e. The topological polar surface area (TPSA) is 78.3 Å². The molecule has 17 heavy (non-hydrogen) atoms. The van der Waals surface area contributed by atoms with E-state index in [0.29, 0.717) is 16.9 Å². The number of carbonyl (C=O) groups is 1. The number of rotatable bonds is 3. The van der Waals surface area contributed by atoms with E-state index in [1.807, 2.05) is 16.8 Å².